The van der Waals surface area contributed by atoms with Gasteiger partial charge in [-0.25, -0.2) is 4.79 Å². The molecule has 1 saturated heterocycles. The first kappa shape index (κ1) is 31.5. The lowest BCUT2D eigenvalue weighted by Gasteiger charge is -2.33. The van der Waals surface area contributed by atoms with E-state index in [1.807, 2.05) is 0 Å². The minimum absolute atomic E-state index is 0.0478. The fourth-order valence-electron chi connectivity index (χ4n) is 3.97. The Morgan fingerprint density at radius 1 is 1.11 bits per heavy atom. The number of carbonyl (C=O) groups is 3. The number of rotatable bonds is 8. The molecule has 11 heteroatoms. The average molecular weight is 539 g/mol. The van der Waals surface area contributed by atoms with E-state index >= 15 is 0 Å². The molecule has 2 rings (SSSR count). The van der Waals surface area contributed by atoms with E-state index in [1.165, 1.54) is 17.9 Å². The van der Waals surface area contributed by atoms with Crippen molar-refractivity contribution in [3.63, 3.8) is 0 Å². The van der Waals surface area contributed by atoms with Gasteiger partial charge in [-0.3, -0.25) is 9.59 Å². The molecule has 11 nitrogen and oxygen atoms in total. The SMILES string of the molecule is CC(=O)N1CCN(C(=O)c2cccc(OCC(=O)O)c2)CCCCOC[C@@H](O)[C@@H](O)[C@H](OCCC(C)C)C1. The first-order chi connectivity index (χ1) is 18.1. The van der Waals surface area contributed by atoms with Gasteiger partial charge in [-0.1, -0.05) is 19.9 Å². The summed E-state index contributed by atoms with van der Waals surface area (Å²) in [6, 6.07) is 6.33. The summed E-state index contributed by atoms with van der Waals surface area (Å²) < 4.78 is 16.7. The van der Waals surface area contributed by atoms with E-state index in [4.69, 9.17) is 19.3 Å². The van der Waals surface area contributed by atoms with Crippen LogP contribution in [0.3, 0.4) is 0 Å². The highest BCUT2D eigenvalue weighted by Gasteiger charge is 2.31. The largest absolute Gasteiger partial charge is 0.482 e. The van der Waals surface area contributed by atoms with Crippen LogP contribution in [0.1, 0.15) is 50.4 Å². The van der Waals surface area contributed by atoms with Gasteiger partial charge >= 0.3 is 5.97 Å². The topological polar surface area (TPSA) is 146 Å². The van der Waals surface area contributed by atoms with Crippen LogP contribution < -0.4 is 4.74 Å². The molecule has 0 unspecified atom stereocenters. The molecule has 3 N–H and O–H groups in total. The number of hydrogen-bond acceptors (Lipinski definition) is 8. The second-order valence-corrected chi connectivity index (χ2v) is 9.90. The molecule has 214 valence electrons. The number of nitrogens with zero attached hydrogens (tertiary/aromatic N) is 2. The number of aliphatic carboxylic acids is 1. The molecule has 2 amide bonds. The summed E-state index contributed by atoms with van der Waals surface area (Å²) in [7, 11) is 0. The molecule has 1 fully saturated rings. The third kappa shape index (κ3) is 10.9. The third-order valence-corrected chi connectivity index (χ3v) is 6.27. The Bertz CT molecular complexity index is 895. The van der Waals surface area contributed by atoms with Gasteiger partial charge in [0.2, 0.25) is 5.91 Å². The predicted octanol–water partition coefficient (Wildman–Crippen LogP) is 1.40. The fraction of sp³-hybridized carbons (Fsp3) is 0.667. The molecule has 1 aliphatic rings. The normalized spacial score (nSPS) is 22.1. The van der Waals surface area contributed by atoms with Crippen LogP contribution in [0, 0.1) is 5.92 Å². The summed E-state index contributed by atoms with van der Waals surface area (Å²) in [5, 5.41) is 30.1. The zero-order valence-corrected chi connectivity index (χ0v) is 22.6. The van der Waals surface area contributed by atoms with Crippen LogP contribution in [0.15, 0.2) is 24.3 Å². The number of hydrogen-bond donors (Lipinski definition) is 3. The maximum Gasteiger partial charge on any atom is 0.341 e. The van der Waals surface area contributed by atoms with E-state index in [9.17, 15) is 24.6 Å². The van der Waals surface area contributed by atoms with Gasteiger partial charge in [0.15, 0.2) is 6.61 Å². The van der Waals surface area contributed by atoms with Gasteiger partial charge in [-0.05, 0) is 43.4 Å². The van der Waals surface area contributed by atoms with Crippen molar-refractivity contribution in [2.24, 2.45) is 5.92 Å². The Kier molecular flexibility index (Phi) is 13.5. The number of ether oxygens (including phenoxy) is 3. The molecule has 0 bridgehead atoms. The molecule has 1 aromatic rings. The van der Waals surface area contributed by atoms with Crippen molar-refractivity contribution in [1.82, 2.24) is 9.80 Å². The second kappa shape index (κ2) is 16.3. The number of amides is 2. The maximum absolute atomic E-state index is 13.4. The van der Waals surface area contributed by atoms with Crippen LogP contribution in [-0.4, -0.2) is 114 Å². The number of carbonyl (C=O) groups excluding carboxylic acids is 2. The van der Waals surface area contributed by atoms with E-state index in [0.717, 1.165) is 6.42 Å². The van der Waals surface area contributed by atoms with Crippen LogP contribution in [0.2, 0.25) is 0 Å². The second-order valence-electron chi connectivity index (χ2n) is 9.90. The highest BCUT2D eigenvalue weighted by Crippen LogP contribution is 2.17. The monoisotopic (exact) mass is 538 g/mol. The lowest BCUT2D eigenvalue weighted by Crippen LogP contribution is -2.50. The fourth-order valence-corrected chi connectivity index (χ4v) is 3.97. The summed E-state index contributed by atoms with van der Waals surface area (Å²) in [5.41, 5.74) is 0.341. The Balaban J connectivity index is 2.20. The van der Waals surface area contributed by atoms with Crippen molar-refractivity contribution in [3.05, 3.63) is 29.8 Å². The summed E-state index contributed by atoms with van der Waals surface area (Å²) in [5.74, 6) is -0.984. The van der Waals surface area contributed by atoms with Crippen molar-refractivity contribution < 1.29 is 43.9 Å². The first-order valence-electron chi connectivity index (χ1n) is 13.1. The highest BCUT2D eigenvalue weighted by molar-refractivity contribution is 5.94. The van der Waals surface area contributed by atoms with Gasteiger partial charge in [0.05, 0.1) is 6.61 Å². The summed E-state index contributed by atoms with van der Waals surface area (Å²) in [6.07, 6.45) is -1.23. The molecular formula is C27H42N2O9. The molecule has 0 radical (unpaired) electrons. The summed E-state index contributed by atoms with van der Waals surface area (Å²) >= 11 is 0. The third-order valence-electron chi connectivity index (χ3n) is 6.27. The Labute approximate surface area is 224 Å². The lowest BCUT2D eigenvalue weighted by molar-refractivity contribution is -0.140. The number of aliphatic hydroxyl groups is 2. The number of carboxylic acid groups (broad SMARTS) is 1. The van der Waals surface area contributed by atoms with Crippen LogP contribution in [0.5, 0.6) is 5.75 Å². The van der Waals surface area contributed by atoms with Gasteiger partial charge in [0, 0.05) is 51.9 Å². The van der Waals surface area contributed by atoms with Gasteiger partial charge in [0.1, 0.15) is 24.1 Å². The number of carboxylic acids is 1. The van der Waals surface area contributed by atoms with Crippen LogP contribution in [0.25, 0.3) is 0 Å². The van der Waals surface area contributed by atoms with Gasteiger partial charge in [0.25, 0.3) is 5.91 Å². The molecular weight excluding hydrogens is 496 g/mol. The number of benzene rings is 1. The molecule has 0 aromatic heterocycles. The molecule has 1 aliphatic heterocycles. The van der Waals surface area contributed by atoms with Gasteiger partial charge < -0.3 is 39.3 Å². The molecule has 0 saturated carbocycles. The van der Waals surface area contributed by atoms with Crippen molar-refractivity contribution in [3.8, 4) is 5.75 Å². The first-order valence-corrected chi connectivity index (χ1v) is 13.1. The standard InChI is InChI=1S/C27H42N2O9/c1-19(2)9-14-37-24-16-29(20(3)30)12-11-28(10-4-5-13-36-17-23(31)26(24)34)27(35)21-7-6-8-22(15-21)38-18-25(32)33/h6-8,15,19,23-24,26,31,34H,4-5,9-14,16-18H2,1-3H3,(H,32,33)/t23-,24-,26-/m1/s1. The molecule has 3 atom stereocenters. The van der Waals surface area contributed by atoms with Crippen LogP contribution >= 0.6 is 0 Å². The molecule has 38 heavy (non-hydrogen) atoms. The summed E-state index contributed by atoms with van der Waals surface area (Å²) in [6.45, 7) is 6.54. The van der Waals surface area contributed by atoms with Crippen LogP contribution in [-0.2, 0) is 19.1 Å². The van der Waals surface area contributed by atoms with E-state index in [-0.39, 0.29) is 43.8 Å². The van der Waals surface area contributed by atoms with Crippen molar-refractivity contribution in [2.45, 2.75) is 58.3 Å². The molecule has 1 heterocycles. The summed E-state index contributed by atoms with van der Waals surface area (Å²) in [4.78, 5) is 39.9. The minimum atomic E-state index is -1.25. The van der Waals surface area contributed by atoms with E-state index < -0.39 is 30.9 Å². The average Bonchev–Trinajstić information content (AvgIpc) is 2.87. The van der Waals surface area contributed by atoms with E-state index in [0.29, 0.717) is 44.1 Å². The zero-order valence-electron chi connectivity index (χ0n) is 22.6. The molecule has 0 aliphatic carbocycles. The van der Waals surface area contributed by atoms with Crippen molar-refractivity contribution in [2.75, 3.05) is 52.6 Å². The van der Waals surface area contributed by atoms with Crippen molar-refractivity contribution >= 4 is 17.8 Å². The Morgan fingerprint density at radius 2 is 1.84 bits per heavy atom. The molecule has 1 aromatic carbocycles. The Hall–Kier alpha value is -2.73. The predicted molar refractivity (Wildman–Crippen MR) is 139 cm³/mol. The van der Waals surface area contributed by atoms with E-state index in [2.05, 4.69) is 13.8 Å². The van der Waals surface area contributed by atoms with Crippen LogP contribution in [0.4, 0.5) is 0 Å². The smallest absolute Gasteiger partial charge is 0.341 e. The molecule has 0 spiro atoms. The van der Waals surface area contributed by atoms with E-state index in [1.54, 1.807) is 23.1 Å². The zero-order chi connectivity index (χ0) is 28.1. The maximum atomic E-state index is 13.4. The quantitative estimate of drug-likeness (QED) is 0.447. The van der Waals surface area contributed by atoms with Gasteiger partial charge in [-0.2, -0.15) is 0 Å². The lowest BCUT2D eigenvalue weighted by atomic mass is 10.1. The minimum Gasteiger partial charge on any atom is -0.482 e. The number of aliphatic hydroxyl groups excluding tert-OH is 2. The van der Waals surface area contributed by atoms with Crippen molar-refractivity contribution in [1.29, 1.82) is 0 Å². The highest BCUT2D eigenvalue weighted by atomic mass is 16.5. The van der Waals surface area contributed by atoms with Gasteiger partial charge in [-0.15, -0.1) is 0 Å². The Morgan fingerprint density at radius 3 is 2.53 bits per heavy atom.